The van der Waals surface area contributed by atoms with Crippen LogP contribution in [0.5, 0.6) is 5.75 Å². The van der Waals surface area contributed by atoms with E-state index < -0.39 is 0 Å². The first kappa shape index (κ1) is 21.2. The zero-order chi connectivity index (χ0) is 21.3. The van der Waals surface area contributed by atoms with Crippen molar-refractivity contribution in [2.75, 3.05) is 25.6 Å². The third kappa shape index (κ3) is 5.50. The van der Waals surface area contributed by atoms with E-state index in [-0.39, 0.29) is 5.97 Å². The van der Waals surface area contributed by atoms with Crippen LogP contribution in [-0.4, -0.2) is 31.2 Å². The van der Waals surface area contributed by atoms with Gasteiger partial charge in [0, 0.05) is 36.9 Å². The molecule has 0 unspecified atom stereocenters. The van der Waals surface area contributed by atoms with E-state index in [9.17, 15) is 4.79 Å². The van der Waals surface area contributed by atoms with Crippen LogP contribution in [0.2, 0.25) is 0 Å². The minimum atomic E-state index is -0.363. The molecule has 0 radical (unpaired) electrons. The van der Waals surface area contributed by atoms with Crippen LogP contribution in [0.4, 0.5) is 5.69 Å². The Labute approximate surface area is 176 Å². The molecule has 2 aromatic carbocycles. The van der Waals surface area contributed by atoms with Gasteiger partial charge in [-0.05, 0) is 49.8 Å². The zero-order valence-corrected chi connectivity index (χ0v) is 17.5. The van der Waals surface area contributed by atoms with Crippen molar-refractivity contribution >= 4 is 17.7 Å². The summed E-state index contributed by atoms with van der Waals surface area (Å²) < 4.78 is 16.6. The SMILES string of the molecule is CCOC(=O)C=Cc1ccc(OCCc2nc(-c3ccccc3)oc2C)cc1NC. The van der Waals surface area contributed by atoms with E-state index in [0.717, 1.165) is 34.0 Å². The number of hydrogen-bond donors (Lipinski definition) is 1. The third-order valence-electron chi connectivity index (χ3n) is 4.50. The molecule has 6 nitrogen and oxygen atoms in total. The summed E-state index contributed by atoms with van der Waals surface area (Å²) >= 11 is 0. The Morgan fingerprint density at radius 2 is 2.00 bits per heavy atom. The van der Waals surface area contributed by atoms with Gasteiger partial charge in [-0.2, -0.15) is 0 Å². The number of nitrogens with one attached hydrogen (secondary N) is 1. The highest BCUT2D eigenvalue weighted by molar-refractivity contribution is 5.88. The summed E-state index contributed by atoms with van der Waals surface area (Å²) in [6.45, 7) is 4.52. The number of benzene rings is 2. The number of aromatic nitrogens is 1. The molecule has 1 heterocycles. The highest BCUT2D eigenvalue weighted by Gasteiger charge is 2.11. The maximum atomic E-state index is 11.5. The normalized spacial score (nSPS) is 10.9. The quantitative estimate of drug-likeness (QED) is 0.403. The van der Waals surface area contributed by atoms with Crippen molar-refractivity contribution in [2.45, 2.75) is 20.3 Å². The Kier molecular flexibility index (Phi) is 7.27. The lowest BCUT2D eigenvalue weighted by atomic mass is 10.1. The molecule has 0 aliphatic carbocycles. The van der Waals surface area contributed by atoms with E-state index in [0.29, 0.717) is 25.5 Å². The van der Waals surface area contributed by atoms with Gasteiger partial charge in [0.15, 0.2) is 0 Å². The lowest BCUT2D eigenvalue weighted by molar-refractivity contribution is -0.137. The average molecular weight is 406 g/mol. The third-order valence-corrected chi connectivity index (χ3v) is 4.50. The van der Waals surface area contributed by atoms with Crippen molar-refractivity contribution in [1.29, 1.82) is 0 Å². The van der Waals surface area contributed by atoms with Crippen LogP contribution in [0.1, 0.15) is 23.9 Å². The summed E-state index contributed by atoms with van der Waals surface area (Å²) in [6, 6.07) is 15.5. The monoisotopic (exact) mass is 406 g/mol. The van der Waals surface area contributed by atoms with E-state index in [1.54, 1.807) is 13.0 Å². The van der Waals surface area contributed by atoms with Gasteiger partial charge < -0.3 is 19.2 Å². The van der Waals surface area contributed by atoms with Crippen molar-refractivity contribution < 1.29 is 18.7 Å². The smallest absolute Gasteiger partial charge is 0.330 e. The lowest BCUT2D eigenvalue weighted by Crippen LogP contribution is -2.03. The van der Waals surface area contributed by atoms with Crippen LogP contribution in [0.25, 0.3) is 17.5 Å². The second-order valence-electron chi connectivity index (χ2n) is 6.57. The van der Waals surface area contributed by atoms with Crippen molar-refractivity contribution in [3.8, 4) is 17.2 Å². The minimum absolute atomic E-state index is 0.354. The zero-order valence-electron chi connectivity index (χ0n) is 17.5. The standard InChI is InChI=1S/C24H26N2O4/c1-4-28-23(27)13-11-18-10-12-20(16-22(18)25-3)29-15-14-21-17(2)30-24(26-21)19-8-6-5-7-9-19/h5-13,16,25H,4,14-15H2,1-3H3. The van der Waals surface area contributed by atoms with Gasteiger partial charge in [0.05, 0.1) is 18.9 Å². The second-order valence-corrected chi connectivity index (χ2v) is 6.57. The summed E-state index contributed by atoms with van der Waals surface area (Å²) in [5.41, 5.74) is 3.57. The molecule has 0 aliphatic heterocycles. The summed E-state index contributed by atoms with van der Waals surface area (Å²) in [4.78, 5) is 16.1. The van der Waals surface area contributed by atoms with Crippen molar-refractivity contribution in [2.24, 2.45) is 0 Å². The number of anilines is 1. The number of carbonyl (C=O) groups is 1. The molecule has 3 rings (SSSR count). The summed E-state index contributed by atoms with van der Waals surface area (Å²) in [5, 5.41) is 3.12. The minimum Gasteiger partial charge on any atom is -0.493 e. The topological polar surface area (TPSA) is 73.6 Å². The van der Waals surface area contributed by atoms with Crippen LogP contribution >= 0.6 is 0 Å². The molecule has 0 amide bonds. The fourth-order valence-electron chi connectivity index (χ4n) is 2.96. The highest BCUT2D eigenvalue weighted by atomic mass is 16.5. The number of aryl methyl sites for hydroxylation is 1. The second kappa shape index (κ2) is 10.3. The van der Waals surface area contributed by atoms with Gasteiger partial charge in [-0.3, -0.25) is 0 Å². The Bertz CT molecular complexity index is 1010. The van der Waals surface area contributed by atoms with Gasteiger partial charge in [-0.1, -0.05) is 18.2 Å². The fourth-order valence-corrected chi connectivity index (χ4v) is 2.96. The molecule has 156 valence electrons. The van der Waals surface area contributed by atoms with Crippen molar-refractivity contribution in [1.82, 2.24) is 4.98 Å². The molecule has 1 aromatic heterocycles. The van der Waals surface area contributed by atoms with Crippen LogP contribution in [0, 0.1) is 6.92 Å². The van der Waals surface area contributed by atoms with E-state index in [1.165, 1.54) is 6.08 Å². The molecule has 0 atom stereocenters. The average Bonchev–Trinajstić information content (AvgIpc) is 3.14. The number of nitrogens with zero attached hydrogens (tertiary/aromatic N) is 1. The van der Waals surface area contributed by atoms with Gasteiger partial charge in [0.1, 0.15) is 11.5 Å². The van der Waals surface area contributed by atoms with Crippen LogP contribution in [0.15, 0.2) is 59.0 Å². The van der Waals surface area contributed by atoms with Gasteiger partial charge >= 0.3 is 5.97 Å². The summed E-state index contributed by atoms with van der Waals surface area (Å²) in [5.74, 6) is 1.79. The van der Waals surface area contributed by atoms with Gasteiger partial charge in [0.25, 0.3) is 0 Å². The molecule has 30 heavy (non-hydrogen) atoms. The van der Waals surface area contributed by atoms with E-state index in [1.807, 2.05) is 62.5 Å². The maximum absolute atomic E-state index is 11.5. The molecule has 0 fully saturated rings. The predicted octanol–water partition coefficient (Wildman–Crippen LogP) is 4.89. The Hall–Kier alpha value is -3.54. The molecule has 0 saturated carbocycles. The molecular formula is C24H26N2O4. The lowest BCUT2D eigenvalue weighted by Gasteiger charge is -2.10. The van der Waals surface area contributed by atoms with Crippen LogP contribution in [0.3, 0.4) is 0 Å². The number of rotatable bonds is 9. The van der Waals surface area contributed by atoms with Crippen molar-refractivity contribution in [3.63, 3.8) is 0 Å². The summed E-state index contributed by atoms with van der Waals surface area (Å²) in [6.07, 6.45) is 3.77. The fraction of sp³-hybridized carbons (Fsp3) is 0.250. The molecular weight excluding hydrogens is 380 g/mol. The molecule has 0 aliphatic rings. The van der Waals surface area contributed by atoms with Crippen LogP contribution < -0.4 is 10.1 Å². The Morgan fingerprint density at radius 1 is 1.20 bits per heavy atom. The molecule has 1 N–H and O–H groups in total. The molecule has 0 spiro atoms. The van der Waals surface area contributed by atoms with E-state index >= 15 is 0 Å². The predicted molar refractivity (Wildman–Crippen MR) is 118 cm³/mol. The first-order valence-electron chi connectivity index (χ1n) is 9.92. The van der Waals surface area contributed by atoms with Gasteiger partial charge in [0.2, 0.25) is 5.89 Å². The Morgan fingerprint density at radius 3 is 2.73 bits per heavy atom. The first-order valence-corrected chi connectivity index (χ1v) is 9.92. The van der Waals surface area contributed by atoms with Gasteiger partial charge in [-0.25, -0.2) is 9.78 Å². The number of carbonyl (C=O) groups excluding carboxylic acids is 1. The maximum Gasteiger partial charge on any atom is 0.330 e. The number of hydrogen-bond acceptors (Lipinski definition) is 6. The molecule has 6 heteroatoms. The summed E-state index contributed by atoms with van der Waals surface area (Å²) in [7, 11) is 1.82. The van der Waals surface area contributed by atoms with E-state index in [2.05, 4.69) is 10.3 Å². The first-order chi connectivity index (χ1) is 14.6. The number of oxazole rings is 1. The van der Waals surface area contributed by atoms with Gasteiger partial charge in [-0.15, -0.1) is 0 Å². The van der Waals surface area contributed by atoms with Crippen molar-refractivity contribution in [3.05, 3.63) is 71.6 Å². The number of esters is 1. The number of ether oxygens (including phenoxy) is 2. The largest absolute Gasteiger partial charge is 0.493 e. The van der Waals surface area contributed by atoms with E-state index in [4.69, 9.17) is 13.9 Å². The molecule has 0 saturated heterocycles. The molecule has 3 aromatic rings. The highest BCUT2D eigenvalue weighted by Crippen LogP contribution is 2.25. The Balaban J connectivity index is 1.61. The van der Waals surface area contributed by atoms with Crippen LogP contribution in [-0.2, 0) is 16.0 Å². The molecule has 0 bridgehead atoms.